The van der Waals surface area contributed by atoms with Crippen LogP contribution in [0.15, 0.2) is 29.2 Å². The second-order valence-electron chi connectivity index (χ2n) is 7.43. The first kappa shape index (κ1) is 21.7. The van der Waals surface area contributed by atoms with Gasteiger partial charge in [0, 0.05) is 19.6 Å². The van der Waals surface area contributed by atoms with Gasteiger partial charge in [0.1, 0.15) is 0 Å². The van der Waals surface area contributed by atoms with Gasteiger partial charge >= 0.3 is 5.97 Å². The van der Waals surface area contributed by atoms with Crippen LogP contribution in [0.3, 0.4) is 0 Å². The van der Waals surface area contributed by atoms with E-state index in [0.717, 1.165) is 12.8 Å². The third-order valence-corrected chi connectivity index (χ3v) is 7.22. The van der Waals surface area contributed by atoms with Crippen molar-refractivity contribution in [2.24, 2.45) is 5.92 Å². The number of hydrogen-bond donors (Lipinski definition) is 1. The van der Waals surface area contributed by atoms with Crippen LogP contribution < -0.4 is 5.32 Å². The minimum Gasteiger partial charge on any atom is -0.452 e. The number of sulfonamides is 1. The number of nitrogens with one attached hydrogen (secondary N) is 1. The number of morpholine rings is 1. The van der Waals surface area contributed by atoms with E-state index in [0.29, 0.717) is 25.7 Å². The predicted molar refractivity (Wildman–Crippen MR) is 106 cm³/mol. The maximum absolute atomic E-state index is 12.7. The molecule has 160 valence electrons. The summed E-state index contributed by atoms with van der Waals surface area (Å²) in [5.41, 5.74) is 0.0967. The van der Waals surface area contributed by atoms with Gasteiger partial charge in [-0.15, -0.1) is 0 Å². The molecule has 3 rings (SSSR count). The first-order valence-electron chi connectivity index (χ1n) is 10.1. The van der Waals surface area contributed by atoms with Gasteiger partial charge in [0.2, 0.25) is 10.0 Å². The first-order valence-corrected chi connectivity index (χ1v) is 11.5. The Morgan fingerprint density at radius 3 is 2.59 bits per heavy atom. The van der Waals surface area contributed by atoms with Gasteiger partial charge in [-0.05, 0) is 37.0 Å². The Hall–Kier alpha value is -1.97. The SMILES string of the molecule is O=C(COC(=O)c1cccc(S(=O)(=O)N2CCOCC2)c1)NCC1CCCCC1. The van der Waals surface area contributed by atoms with Gasteiger partial charge in [-0.25, -0.2) is 13.2 Å². The van der Waals surface area contributed by atoms with E-state index in [-0.39, 0.29) is 36.1 Å². The number of amides is 1. The zero-order valence-corrected chi connectivity index (χ0v) is 17.3. The summed E-state index contributed by atoms with van der Waals surface area (Å²) in [5, 5.41) is 2.81. The van der Waals surface area contributed by atoms with E-state index in [1.165, 1.54) is 47.8 Å². The summed E-state index contributed by atoms with van der Waals surface area (Å²) in [6.07, 6.45) is 5.87. The van der Waals surface area contributed by atoms with Crippen molar-refractivity contribution >= 4 is 21.9 Å². The number of nitrogens with zero attached hydrogens (tertiary/aromatic N) is 1. The number of hydrogen-bond acceptors (Lipinski definition) is 6. The minimum atomic E-state index is -3.70. The summed E-state index contributed by atoms with van der Waals surface area (Å²) in [7, 11) is -3.70. The molecule has 1 amide bonds. The van der Waals surface area contributed by atoms with Crippen LogP contribution in [-0.2, 0) is 24.3 Å². The normalized spacial score (nSPS) is 18.9. The lowest BCUT2D eigenvalue weighted by atomic mass is 9.89. The van der Waals surface area contributed by atoms with Crippen molar-refractivity contribution < 1.29 is 27.5 Å². The van der Waals surface area contributed by atoms with Gasteiger partial charge in [0.25, 0.3) is 5.91 Å². The molecule has 1 N–H and O–H groups in total. The standard InChI is InChI=1S/C20H28N2O6S/c23-19(21-14-16-5-2-1-3-6-16)15-28-20(24)17-7-4-8-18(13-17)29(25,26)22-9-11-27-12-10-22/h4,7-8,13,16H,1-3,5-6,9-12,14-15H2,(H,21,23). The molecular weight excluding hydrogens is 396 g/mol. The highest BCUT2D eigenvalue weighted by Gasteiger charge is 2.27. The third-order valence-electron chi connectivity index (χ3n) is 5.32. The summed E-state index contributed by atoms with van der Waals surface area (Å²) < 4.78 is 37.0. The Morgan fingerprint density at radius 2 is 1.86 bits per heavy atom. The van der Waals surface area contributed by atoms with Crippen molar-refractivity contribution in [1.29, 1.82) is 0 Å². The van der Waals surface area contributed by atoms with Crippen LogP contribution in [0.1, 0.15) is 42.5 Å². The van der Waals surface area contributed by atoms with Gasteiger partial charge in [-0.1, -0.05) is 25.3 Å². The van der Waals surface area contributed by atoms with Gasteiger partial charge in [0.05, 0.1) is 23.7 Å². The molecule has 1 aromatic carbocycles. The highest BCUT2D eigenvalue weighted by molar-refractivity contribution is 7.89. The predicted octanol–water partition coefficient (Wildman–Crippen LogP) is 1.56. The highest BCUT2D eigenvalue weighted by atomic mass is 32.2. The topological polar surface area (TPSA) is 102 Å². The van der Waals surface area contributed by atoms with Gasteiger partial charge in [0.15, 0.2) is 6.61 Å². The summed E-state index contributed by atoms with van der Waals surface area (Å²) in [6, 6.07) is 5.69. The van der Waals surface area contributed by atoms with Crippen LogP contribution in [0.25, 0.3) is 0 Å². The Labute approximate surface area is 171 Å². The molecule has 0 atom stereocenters. The molecule has 0 radical (unpaired) electrons. The summed E-state index contributed by atoms with van der Waals surface area (Å²) in [6.45, 7) is 1.46. The van der Waals surface area contributed by atoms with E-state index in [1.54, 1.807) is 0 Å². The summed E-state index contributed by atoms with van der Waals surface area (Å²) in [4.78, 5) is 24.3. The molecule has 9 heteroatoms. The smallest absolute Gasteiger partial charge is 0.338 e. The quantitative estimate of drug-likeness (QED) is 0.667. The highest BCUT2D eigenvalue weighted by Crippen LogP contribution is 2.22. The fourth-order valence-electron chi connectivity index (χ4n) is 3.63. The molecule has 1 aromatic rings. The van der Waals surface area contributed by atoms with Crippen LogP contribution in [0.4, 0.5) is 0 Å². The molecule has 0 spiro atoms. The molecule has 0 bridgehead atoms. The maximum atomic E-state index is 12.7. The number of carbonyl (C=O) groups is 2. The molecule has 1 saturated heterocycles. The molecule has 0 aromatic heterocycles. The molecule has 8 nitrogen and oxygen atoms in total. The zero-order valence-electron chi connectivity index (χ0n) is 16.5. The number of ether oxygens (including phenoxy) is 2. The Morgan fingerprint density at radius 1 is 1.14 bits per heavy atom. The van der Waals surface area contributed by atoms with E-state index in [9.17, 15) is 18.0 Å². The van der Waals surface area contributed by atoms with Crippen molar-refractivity contribution in [3.63, 3.8) is 0 Å². The lowest BCUT2D eigenvalue weighted by Crippen LogP contribution is -2.40. The van der Waals surface area contributed by atoms with E-state index in [1.807, 2.05) is 0 Å². The molecular formula is C20H28N2O6S. The van der Waals surface area contributed by atoms with E-state index >= 15 is 0 Å². The summed E-state index contributed by atoms with van der Waals surface area (Å²) in [5.74, 6) is -0.580. The molecule has 1 saturated carbocycles. The van der Waals surface area contributed by atoms with Crippen molar-refractivity contribution in [3.05, 3.63) is 29.8 Å². The molecule has 1 aliphatic carbocycles. The average molecular weight is 425 g/mol. The summed E-state index contributed by atoms with van der Waals surface area (Å²) >= 11 is 0. The van der Waals surface area contributed by atoms with Crippen molar-refractivity contribution in [2.75, 3.05) is 39.5 Å². The van der Waals surface area contributed by atoms with Crippen molar-refractivity contribution in [2.45, 2.75) is 37.0 Å². The Kier molecular flexibility index (Phi) is 7.63. The molecule has 1 heterocycles. The fourth-order valence-corrected chi connectivity index (χ4v) is 5.09. The third kappa shape index (κ3) is 6.01. The van der Waals surface area contributed by atoms with Crippen molar-refractivity contribution in [3.8, 4) is 0 Å². The second kappa shape index (κ2) is 10.2. The maximum Gasteiger partial charge on any atom is 0.338 e. The zero-order chi connectivity index (χ0) is 20.7. The number of benzene rings is 1. The fraction of sp³-hybridized carbons (Fsp3) is 0.600. The van der Waals surface area contributed by atoms with Crippen LogP contribution in [0, 0.1) is 5.92 Å². The van der Waals surface area contributed by atoms with Gasteiger partial charge < -0.3 is 14.8 Å². The number of esters is 1. The van der Waals surface area contributed by atoms with Crippen LogP contribution >= 0.6 is 0 Å². The molecule has 29 heavy (non-hydrogen) atoms. The van der Waals surface area contributed by atoms with Crippen molar-refractivity contribution in [1.82, 2.24) is 9.62 Å². The molecule has 2 aliphatic rings. The van der Waals surface area contributed by atoms with Gasteiger partial charge in [-0.2, -0.15) is 4.31 Å². The lowest BCUT2D eigenvalue weighted by molar-refractivity contribution is -0.124. The first-order chi connectivity index (χ1) is 14.0. The Balaban J connectivity index is 1.53. The van der Waals surface area contributed by atoms with E-state index in [2.05, 4.69) is 5.32 Å². The van der Waals surface area contributed by atoms with Crippen LogP contribution in [0.2, 0.25) is 0 Å². The van der Waals surface area contributed by atoms with Crippen LogP contribution in [0.5, 0.6) is 0 Å². The molecule has 1 aliphatic heterocycles. The lowest BCUT2D eigenvalue weighted by Gasteiger charge is -2.26. The second-order valence-corrected chi connectivity index (χ2v) is 9.37. The Bertz CT molecular complexity index is 814. The number of carbonyl (C=O) groups excluding carboxylic acids is 2. The van der Waals surface area contributed by atoms with Gasteiger partial charge in [-0.3, -0.25) is 4.79 Å². The van der Waals surface area contributed by atoms with Crippen LogP contribution in [-0.4, -0.2) is 64.1 Å². The minimum absolute atomic E-state index is 0.0237. The van der Waals surface area contributed by atoms with E-state index in [4.69, 9.17) is 9.47 Å². The molecule has 0 unspecified atom stereocenters. The number of rotatable bonds is 7. The average Bonchev–Trinajstić information content (AvgIpc) is 2.77. The van der Waals surface area contributed by atoms with E-state index < -0.39 is 16.0 Å². The molecule has 2 fully saturated rings. The monoisotopic (exact) mass is 424 g/mol. The largest absolute Gasteiger partial charge is 0.452 e.